The Morgan fingerprint density at radius 2 is 1.61 bits per heavy atom. The maximum Gasteiger partial charge on any atom is 0.308 e. The van der Waals surface area contributed by atoms with Crippen molar-refractivity contribution in [1.29, 1.82) is 0 Å². The molecule has 1 saturated heterocycles. The Morgan fingerprint density at radius 1 is 0.935 bits per heavy atom. The molecular formula is C23H27N3O5. The van der Waals surface area contributed by atoms with Gasteiger partial charge in [0, 0.05) is 38.4 Å². The molecule has 3 rings (SSSR count). The topological polar surface area (TPSA) is 88.2 Å². The number of carbonyl (C=O) groups excluding carboxylic acids is 3. The zero-order valence-electron chi connectivity index (χ0n) is 17.6. The van der Waals surface area contributed by atoms with Crippen LogP contribution in [0.4, 0.5) is 5.69 Å². The molecule has 31 heavy (non-hydrogen) atoms. The van der Waals surface area contributed by atoms with Gasteiger partial charge in [0.05, 0.1) is 19.1 Å². The molecule has 0 spiro atoms. The summed E-state index contributed by atoms with van der Waals surface area (Å²) in [6.45, 7) is 2.46. The normalized spacial score (nSPS) is 13.5. The number of rotatable bonds is 8. The molecule has 0 bridgehead atoms. The van der Waals surface area contributed by atoms with Gasteiger partial charge in [-0.25, -0.2) is 0 Å². The summed E-state index contributed by atoms with van der Waals surface area (Å²) in [4.78, 5) is 40.4. The lowest BCUT2D eigenvalue weighted by molar-refractivity contribution is -0.152. The fraction of sp³-hybridized carbons (Fsp3) is 0.348. The van der Waals surface area contributed by atoms with Crippen LogP contribution in [-0.4, -0.2) is 69.1 Å². The standard InChI is InChI=1S/C23H27N3O5/c1-30-20-10-6-5-9-19(20)23(29)24-12-11-22(28)31-17-21(27)26-15-13-25(14-16-26)18-7-3-2-4-8-18/h2-10H,11-17H2,1H3,(H,24,29). The summed E-state index contributed by atoms with van der Waals surface area (Å²) in [7, 11) is 1.49. The summed E-state index contributed by atoms with van der Waals surface area (Å²) in [5, 5.41) is 2.66. The number of benzene rings is 2. The molecule has 2 amide bonds. The van der Waals surface area contributed by atoms with Crippen molar-refractivity contribution in [3.63, 3.8) is 0 Å². The van der Waals surface area contributed by atoms with Gasteiger partial charge in [0.15, 0.2) is 6.61 Å². The van der Waals surface area contributed by atoms with E-state index in [-0.39, 0.29) is 31.4 Å². The number of hydrogen-bond acceptors (Lipinski definition) is 6. The molecule has 0 aromatic heterocycles. The smallest absolute Gasteiger partial charge is 0.308 e. The second kappa shape index (κ2) is 11.0. The third-order valence-corrected chi connectivity index (χ3v) is 5.08. The van der Waals surface area contributed by atoms with E-state index in [2.05, 4.69) is 10.2 Å². The van der Waals surface area contributed by atoms with Crippen LogP contribution < -0.4 is 15.0 Å². The fourth-order valence-electron chi connectivity index (χ4n) is 3.36. The number of ether oxygens (including phenoxy) is 2. The molecule has 1 fully saturated rings. The molecule has 8 nitrogen and oxygen atoms in total. The highest BCUT2D eigenvalue weighted by Gasteiger charge is 2.22. The zero-order valence-corrected chi connectivity index (χ0v) is 17.6. The molecule has 2 aromatic carbocycles. The van der Waals surface area contributed by atoms with Gasteiger partial charge in [-0.3, -0.25) is 14.4 Å². The Morgan fingerprint density at radius 3 is 2.32 bits per heavy atom. The number of nitrogens with one attached hydrogen (secondary N) is 1. The predicted molar refractivity (Wildman–Crippen MR) is 116 cm³/mol. The van der Waals surface area contributed by atoms with E-state index in [4.69, 9.17) is 9.47 Å². The molecule has 8 heteroatoms. The SMILES string of the molecule is COc1ccccc1C(=O)NCCC(=O)OCC(=O)N1CCN(c2ccccc2)CC1. The van der Waals surface area contributed by atoms with Crippen LogP contribution in [0.15, 0.2) is 54.6 Å². The van der Waals surface area contributed by atoms with E-state index in [9.17, 15) is 14.4 Å². The highest BCUT2D eigenvalue weighted by Crippen LogP contribution is 2.17. The summed E-state index contributed by atoms with van der Waals surface area (Å²) in [6, 6.07) is 16.9. The van der Waals surface area contributed by atoms with Crippen molar-refractivity contribution in [3.8, 4) is 5.75 Å². The lowest BCUT2D eigenvalue weighted by Crippen LogP contribution is -2.49. The molecule has 0 atom stereocenters. The summed E-state index contributed by atoms with van der Waals surface area (Å²) >= 11 is 0. The van der Waals surface area contributed by atoms with Gasteiger partial charge in [-0.1, -0.05) is 30.3 Å². The van der Waals surface area contributed by atoms with Crippen LogP contribution in [0.2, 0.25) is 0 Å². The molecule has 1 heterocycles. The van der Waals surface area contributed by atoms with Gasteiger partial charge < -0.3 is 24.6 Å². The molecule has 0 saturated carbocycles. The summed E-state index contributed by atoms with van der Waals surface area (Å²) in [5.74, 6) is -0.617. The summed E-state index contributed by atoms with van der Waals surface area (Å²) in [5.41, 5.74) is 1.53. The van der Waals surface area contributed by atoms with Gasteiger partial charge in [0.25, 0.3) is 11.8 Å². The van der Waals surface area contributed by atoms with Crippen molar-refractivity contribution in [3.05, 3.63) is 60.2 Å². The number of amides is 2. The largest absolute Gasteiger partial charge is 0.496 e. The molecule has 1 aliphatic heterocycles. The monoisotopic (exact) mass is 425 g/mol. The molecule has 164 valence electrons. The van der Waals surface area contributed by atoms with E-state index in [0.717, 1.165) is 18.8 Å². The number of nitrogens with zero attached hydrogens (tertiary/aromatic N) is 2. The molecular weight excluding hydrogens is 398 g/mol. The van der Waals surface area contributed by atoms with Crippen LogP contribution in [0.3, 0.4) is 0 Å². The van der Waals surface area contributed by atoms with E-state index in [1.54, 1.807) is 29.2 Å². The highest BCUT2D eigenvalue weighted by atomic mass is 16.5. The number of para-hydroxylation sites is 2. The zero-order chi connectivity index (χ0) is 22.1. The van der Waals surface area contributed by atoms with Gasteiger partial charge in [0.2, 0.25) is 0 Å². The Bertz CT molecular complexity index is 895. The third-order valence-electron chi connectivity index (χ3n) is 5.08. The molecule has 0 unspecified atom stereocenters. The van der Waals surface area contributed by atoms with Crippen molar-refractivity contribution < 1.29 is 23.9 Å². The average molecular weight is 425 g/mol. The molecule has 2 aromatic rings. The minimum Gasteiger partial charge on any atom is -0.496 e. The number of methoxy groups -OCH3 is 1. The lowest BCUT2D eigenvalue weighted by Gasteiger charge is -2.36. The Hall–Kier alpha value is -3.55. The van der Waals surface area contributed by atoms with Crippen molar-refractivity contribution in [2.75, 3.05) is 51.3 Å². The predicted octanol–water partition coefficient (Wildman–Crippen LogP) is 1.71. The second-order valence-corrected chi connectivity index (χ2v) is 7.07. The van der Waals surface area contributed by atoms with Gasteiger partial charge >= 0.3 is 5.97 Å². The second-order valence-electron chi connectivity index (χ2n) is 7.07. The van der Waals surface area contributed by atoms with Gasteiger partial charge in [-0.05, 0) is 24.3 Å². The number of hydrogen-bond donors (Lipinski definition) is 1. The van der Waals surface area contributed by atoms with Crippen molar-refractivity contribution in [1.82, 2.24) is 10.2 Å². The van der Waals surface area contributed by atoms with Crippen LogP contribution in [-0.2, 0) is 14.3 Å². The van der Waals surface area contributed by atoms with Crippen LogP contribution in [0.1, 0.15) is 16.8 Å². The molecule has 0 aliphatic carbocycles. The lowest BCUT2D eigenvalue weighted by atomic mass is 10.2. The molecule has 0 radical (unpaired) electrons. The maximum absolute atomic E-state index is 12.3. The minimum atomic E-state index is -0.531. The quantitative estimate of drug-likeness (QED) is 0.648. The Kier molecular flexibility index (Phi) is 7.86. The van der Waals surface area contributed by atoms with Crippen molar-refractivity contribution >= 4 is 23.5 Å². The van der Waals surface area contributed by atoms with E-state index in [0.29, 0.717) is 24.4 Å². The highest BCUT2D eigenvalue weighted by molar-refractivity contribution is 5.97. The first-order chi connectivity index (χ1) is 15.1. The van der Waals surface area contributed by atoms with Crippen LogP contribution >= 0.6 is 0 Å². The van der Waals surface area contributed by atoms with Crippen LogP contribution in [0, 0.1) is 0 Å². The third kappa shape index (κ3) is 6.21. The van der Waals surface area contributed by atoms with Crippen molar-refractivity contribution in [2.24, 2.45) is 0 Å². The molecule has 1 aliphatic rings. The van der Waals surface area contributed by atoms with E-state index in [1.807, 2.05) is 30.3 Å². The van der Waals surface area contributed by atoms with Gasteiger partial charge in [-0.2, -0.15) is 0 Å². The fourth-order valence-corrected chi connectivity index (χ4v) is 3.36. The number of anilines is 1. The Balaban J connectivity index is 1.34. The number of piperazine rings is 1. The van der Waals surface area contributed by atoms with Crippen molar-refractivity contribution in [2.45, 2.75) is 6.42 Å². The number of esters is 1. The summed E-state index contributed by atoms with van der Waals surface area (Å²) < 4.78 is 10.2. The molecule has 1 N–H and O–H groups in total. The van der Waals surface area contributed by atoms with Crippen LogP contribution in [0.25, 0.3) is 0 Å². The van der Waals surface area contributed by atoms with Gasteiger partial charge in [-0.15, -0.1) is 0 Å². The first-order valence-electron chi connectivity index (χ1n) is 10.2. The average Bonchev–Trinajstić information content (AvgIpc) is 2.83. The summed E-state index contributed by atoms with van der Waals surface area (Å²) in [6.07, 6.45) is -0.0179. The van der Waals surface area contributed by atoms with E-state index >= 15 is 0 Å². The minimum absolute atomic E-state index is 0.0179. The number of carbonyl (C=O) groups is 3. The first-order valence-corrected chi connectivity index (χ1v) is 10.2. The van der Waals surface area contributed by atoms with E-state index < -0.39 is 5.97 Å². The Labute approximate surface area is 181 Å². The van der Waals surface area contributed by atoms with Crippen LogP contribution in [0.5, 0.6) is 5.75 Å². The van der Waals surface area contributed by atoms with Gasteiger partial charge in [0.1, 0.15) is 5.75 Å². The maximum atomic E-state index is 12.3. The first kappa shape index (κ1) is 22.1. The van der Waals surface area contributed by atoms with E-state index in [1.165, 1.54) is 7.11 Å².